The molecule has 1 heterocycles. The van der Waals surface area contributed by atoms with E-state index in [1.807, 2.05) is 45.1 Å². The lowest BCUT2D eigenvalue weighted by Crippen LogP contribution is -2.17. The zero-order chi connectivity index (χ0) is 12.3. The van der Waals surface area contributed by atoms with Crippen LogP contribution in [-0.4, -0.2) is 24.4 Å². The van der Waals surface area contributed by atoms with Gasteiger partial charge in [0, 0.05) is 0 Å². The van der Waals surface area contributed by atoms with Gasteiger partial charge >= 0.3 is 0 Å². The van der Waals surface area contributed by atoms with Gasteiger partial charge in [0.25, 0.3) is 0 Å². The molecule has 2 N–H and O–H groups in total. The Morgan fingerprint density at radius 2 is 1.94 bits per heavy atom. The van der Waals surface area contributed by atoms with E-state index in [9.17, 15) is 0 Å². The van der Waals surface area contributed by atoms with Crippen LogP contribution < -0.4 is 15.9 Å². The van der Waals surface area contributed by atoms with Crippen LogP contribution in [0.15, 0.2) is 30.3 Å². The first-order valence-electron chi connectivity index (χ1n) is 5.54. The maximum Gasteiger partial charge on any atom is 0.223 e. The zero-order valence-corrected chi connectivity index (χ0v) is 9.97. The highest BCUT2D eigenvalue weighted by Crippen LogP contribution is 2.18. The third-order valence-electron chi connectivity index (χ3n) is 2.45. The molecule has 0 saturated carbocycles. The first kappa shape index (κ1) is 11.5. The summed E-state index contributed by atoms with van der Waals surface area (Å²) < 4.78 is 5.45. The van der Waals surface area contributed by atoms with E-state index in [2.05, 4.69) is 9.97 Å². The summed E-state index contributed by atoms with van der Waals surface area (Å²) in [6.45, 7) is 2.48. The van der Waals surface area contributed by atoms with Gasteiger partial charge in [0.1, 0.15) is 7.85 Å². The summed E-state index contributed by atoms with van der Waals surface area (Å²) in [6.07, 6.45) is 0. The number of rotatable bonds is 3. The van der Waals surface area contributed by atoms with Gasteiger partial charge in [-0.1, -0.05) is 30.3 Å². The standard InChI is InChI=1S/C12H14BN3O/c1-2-17-11-9(13)10(15-12(14)16-11)8-6-4-3-5-7-8/h3-7H,2,13H2,1H3,(H2,14,15,16). The summed E-state index contributed by atoms with van der Waals surface area (Å²) in [5.74, 6) is 0.789. The van der Waals surface area contributed by atoms with Gasteiger partial charge in [0.05, 0.1) is 12.3 Å². The Bertz CT molecular complexity index is 517. The molecule has 0 aliphatic heterocycles. The fourth-order valence-electron chi connectivity index (χ4n) is 1.67. The van der Waals surface area contributed by atoms with Crippen molar-refractivity contribution >= 4 is 19.3 Å². The third-order valence-corrected chi connectivity index (χ3v) is 2.45. The van der Waals surface area contributed by atoms with E-state index in [0.29, 0.717) is 12.5 Å². The second-order valence-electron chi connectivity index (χ2n) is 3.66. The lowest BCUT2D eigenvalue weighted by molar-refractivity contribution is 0.330. The van der Waals surface area contributed by atoms with E-state index in [-0.39, 0.29) is 5.95 Å². The van der Waals surface area contributed by atoms with Gasteiger partial charge < -0.3 is 10.5 Å². The molecule has 0 spiro atoms. The first-order valence-corrected chi connectivity index (χ1v) is 5.54. The van der Waals surface area contributed by atoms with Crippen LogP contribution in [0.2, 0.25) is 0 Å². The van der Waals surface area contributed by atoms with E-state index < -0.39 is 0 Å². The highest BCUT2D eigenvalue weighted by molar-refractivity contribution is 6.37. The summed E-state index contributed by atoms with van der Waals surface area (Å²) in [5, 5.41) is 0. The summed E-state index contributed by atoms with van der Waals surface area (Å²) >= 11 is 0. The van der Waals surface area contributed by atoms with Crippen molar-refractivity contribution in [2.24, 2.45) is 0 Å². The van der Waals surface area contributed by atoms with Crippen LogP contribution in [0.4, 0.5) is 5.95 Å². The Morgan fingerprint density at radius 1 is 1.24 bits per heavy atom. The molecule has 1 aromatic carbocycles. The van der Waals surface area contributed by atoms with Crippen molar-refractivity contribution in [1.82, 2.24) is 9.97 Å². The largest absolute Gasteiger partial charge is 0.478 e. The van der Waals surface area contributed by atoms with Crippen molar-refractivity contribution in [2.45, 2.75) is 6.92 Å². The van der Waals surface area contributed by atoms with E-state index in [1.165, 1.54) is 0 Å². The van der Waals surface area contributed by atoms with Crippen LogP contribution in [0.5, 0.6) is 5.88 Å². The third kappa shape index (κ3) is 2.38. The quantitative estimate of drug-likeness (QED) is 0.770. The van der Waals surface area contributed by atoms with Crippen molar-refractivity contribution in [3.63, 3.8) is 0 Å². The van der Waals surface area contributed by atoms with Crippen molar-refractivity contribution in [3.8, 4) is 17.1 Å². The van der Waals surface area contributed by atoms with Crippen molar-refractivity contribution in [1.29, 1.82) is 0 Å². The van der Waals surface area contributed by atoms with Gasteiger partial charge in [-0.05, 0) is 17.9 Å². The van der Waals surface area contributed by atoms with E-state index in [4.69, 9.17) is 10.5 Å². The average Bonchev–Trinajstić information content (AvgIpc) is 2.35. The molecule has 2 rings (SSSR count). The van der Waals surface area contributed by atoms with Gasteiger partial charge in [-0.15, -0.1) is 0 Å². The van der Waals surface area contributed by atoms with Gasteiger partial charge in [0.2, 0.25) is 11.8 Å². The molecular formula is C12H14BN3O. The molecule has 0 fully saturated rings. The molecule has 0 bridgehead atoms. The second kappa shape index (κ2) is 4.87. The van der Waals surface area contributed by atoms with Crippen LogP contribution in [0.3, 0.4) is 0 Å². The zero-order valence-electron chi connectivity index (χ0n) is 9.97. The Kier molecular flexibility index (Phi) is 3.28. The molecule has 1 aromatic heterocycles. The molecule has 17 heavy (non-hydrogen) atoms. The van der Waals surface area contributed by atoms with E-state index in [1.54, 1.807) is 0 Å². The van der Waals surface area contributed by atoms with Gasteiger partial charge in [0.15, 0.2) is 0 Å². The minimum Gasteiger partial charge on any atom is -0.478 e. The molecule has 4 nitrogen and oxygen atoms in total. The Morgan fingerprint density at radius 3 is 2.59 bits per heavy atom. The molecule has 2 aromatic rings. The smallest absolute Gasteiger partial charge is 0.223 e. The minimum atomic E-state index is 0.234. The lowest BCUT2D eigenvalue weighted by atomic mass is 9.92. The average molecular weight is 227 g/mol. The predicted molar refractivity (Wildman–Crippen MR) is 71.2 cm³/mol. The van der Waals surface area contributed by atoms with Gasteiger partial charge in [-0.2, -0.15) is 4.98 Å². The summed E-state index contributed by atoms with van der Waals surface area (Å²) in [6, 6.07) is 9.88. The normalized spacial score (nSPS) is 10.2. The highest BCUT2D eigenvalue weighted by atomic mass is 16.5. The molecule has 0 radical (unpaired) electrons. The maximum atomic E-state index is 5.69. The number of nitrogens with two attached hydrogens (primary N) is 1. The molecule has 0 amide bonds. The Balaban J connectivity index is 2.54. The van der Waals surface area contributed by atoms with Gasteiger partial charge in [-0.25, -0.2) is 4.98 Å². The fraction of sp³-hybridized carbons (Fsp3) is 0.167. The summed E-state index contributed by atoms with van der Waals surface area (Å²) in [4.78, 5) is 8.37. The first-order chi connectivity index (χ1) is 8.22. The van der Waals surface area contributed by atoms with E-state index >= 15 is 0 Å². The van der Waals surface area contributed by atoms with Gasteiger partial charge in [-0.3, -0.25) is 0 Å². The number of nitrogens with zero attached hydrogens (tertiary/aromatic N) is 2. The number of aromatic nitrogens is 2. The molecule has 0 aliphatic carbocycles. The SMILES string of the molecule is Bc1c(OCC)nc(N)nc1-c1ccccc1. The fourth-order valence-corrected chi connectivity index (χ4v) is 1.67. The molecular weight excluding hydrogens is 213 g/mol. The molecule has 0 unspecified atom stereocenters. The van der Waals surface area contributed by atoms with Crippen LogP contribution in [0, 0.1) is 0 Å². The number of nitrogen functional groups attached to an aromatic ring is 1. The molecule has 86 valence electrons. The van der Waals surface area contributed by atoms with Crippen molar-refractivity contribution in [2.75, 3.05) is 12.3 Å². The summed E-state index contributed by atoms with van der Waals surface area (Å²) in [5.41, 5.74) is 8.44. The minimum absolute atomic E-state index is 0.234. The number of benzene rings is 1. The topological polar surface area (TPSA) is 61.0 Å². The van der Waals surface area contributed by atoms with E-state index in [0.717, 1.165) is 16.7 Å². The molecule has 5 heteroatoms. The highest BCUT2D eigenvalue weighted by Gasteiger charge is 2.11. The number of anilines is 1. The number of hydrogen-bond donors (Lipinski definition) is 1. The van der Waals surface area contributed by atoms with Crippen LogP contribution >= 0.6 is 0 Å². The number of hydrogen-bond acceptors (Lipinski definition) is 4. The predicted octanol–water partition coefficient (Wildman–Crippen LogP) is 0.383. The molecule has 0 saturated heterocycles. The summed E-state index contributed by atoms with van der Waals surface area (Å²) in [7, 11) is 1.94. The molecule has 0 aliphatic rings. The van der Waals surface area contributed by atoms with Crippen molar-refractivity contribution in [3.05, 3.63) is 30.3 Å². The molecule has 0 atom stereocenters. The Hall–Kier alpha value is -2.04. The van der Waals surface area contributed by atoms with Crippen LogP contribution in [-0.2, 0) is 0 Å². The monoisotopic (exact) mass is 227 g/mol. The van der Waals surface area contributed by atoms with Crippen molar-refractivity contribution < 1.29 is 4.74 Å². The second-order valence-corrected chi connectivity index (χ2v) is 3.66. The Labute approximate surface area is 101 Å². The number of ether oxygens (including phenoxy) is 1. The van der Waals surface area contributed by atoms with Crippen LogP contribution in [0.25, 0.3) is 11.3 Å². The maximum absolute atomic E-state index is 5.69. The van der Waals surface area contributed by atoms with Crippen LogP contribution in [0.1, 0.15) is 6.92 Å². The lowest BCUT2D eigenvalue weighted by Gasteiger charge is -2.11.